The Labute approximate surface area is 166 Å². The quantitative estimate of drug-likeness (QED) is 0.655. The highest BCUT2D eigenvalue weighted by atomic mass is 32.2. The van der Waals surface area contributed by atoms with Gasteiger partial charge in [-0.1, -0.05) is 12.1 Å². The van der Waals surface area contributed by atoms with Crippen LogP contribution < -0.4 is 5.56 Å². The zero-order chi connectivity index (χ0) is 19.5. The van der Waals surface area contributed by atoms with Gasteiger partial charge in [-0.25, -0.2) is 8.42 Å². The van der Waals surface area contributed by atoms with Crippen molar-refractivity contribution < 1.29 is 8.42 Å². The monoisotopic (exact) mass is 416 g/mol. The van der Waals surface area contributed by atoms with Gasteiger partial charge in [0, 0.05) is 50.6 Å². The van der Waals surface area contributed by atoms with E-state index in [1.54, 1.807) is 34.4 Å². The Bertz CT molecular complexity index is 1190. The van der Waals surface area contributed by atoms with Crippen LogP contribution in [0.3, 0.4) is 0 Å². The molecular formula is C19H20N4O3S2. The SMILES string of the molecule is Cn1cc(S(=O)(=O)N2CC3CC(C2)c2cccc(=O)n2C3)c(-c2cccs2)n1. The van der Waals surface area contributed by atoms with Crippen molar-refractivity contribution in [3.8, 4) is 10.6 Å². The number of fused-ring (bicyclic) bond motifs is 4. The Balaban J connectivity index is 1.54. The summed E-state index contributed by atoms with van der Waals surface area (Å²) >= 11 is 1.48. The zero-order valence-electron chi connectivity index (χ0n) is 15.4. The fraction of sp³-hybridized carbons (Fsp3) is 0.368. The third kappa shape index (κ3) is 2.76. The molecule has 3 aromatic heterocycles. The molecule has 146 valence electrons. The van der Waals surface area contributed by atoms with Crippen molar-refractivity contribution in [3.63, 3.8) is 0 Å². The molecule has 5 heterocycles. The lowest BCUT2D eigenvalue weighted by Crippen LogP contribution is -2.49. The Morgan fingerprint density at radius 2 is 2.00 bits per heavy atom. The average Bonchev–Trinajstić information content (AvgIpc) is 3.32. The first kappa shape index (κ1) is 17.8. The molecule has 28 heavy (non-hydrogen) atoms. The van der Waals surface area contributed by atoms with Crippen LogP contribution >= 0.6 is 11.3 Å². The Kier molecular flexibility index (Phi) is 4.08. The number of hydrogen-bond acceptors (Lipinski definition) is 5. The molecule has 0 radical (unpaired) electrons. The molecule has 0 aliphatic carbocycles. The fourth-order valence-corrected chi connectivity index (χ4v) is 6.96. The third-order valence-electron chi connectivity index (χ3n) is 5.61. The molecule has 2 atom stereocenters. The summed E-state index contributed by atoms with van der Waals surface area (Å²) in [6.45, 7) is 1.39. The first-order valence-electron chi connectivity index (χ1n) is 9.21. The third-order valence-corrected chi connectivity index (χ3v) is 8.32. The van der Waals surface area contributed by atoms with Gasteiger partial charge in [0.1, 0.15) is 10.6 Å². The van der Waals surface area contributed by atoms with E-state index in [4.69, 9.17) is 0 Å². The number of pyridine rings is 1. The van der Waals surface area contributed by atoms with Crippen LogP contribution in [-0.4, -0.2) is 40.2 Å². The van der Waals surface area contributed by atoms with Gasteiger partial charge in [-0.05, 0) is 29.9 Å². The summed E-state index contributed by atoms with van der Waals surface area (Å²) in [6, 6.07) is 9.06. The summed E-state index contributed by atoms with van der Waals surface area (Å²) in [7, 11) is -1.94. The molecular weight excluding hydrogens is 396 g/mol. The van der Waals surface area contributed by atoms with E-state index in [2.05, 4.69) is 5.10 Å². The summed E-state index contributed by atoms with van der Waals surface area (Å²) in [4.78, 5) is 13.3. The van der Waals surface area contributed by atoms with Gasteiger partial charge < -0.3 is 4.57 Å². The molecule has 0 amide bonds. The standard InChI is InChI=1S/C19H20N4O3S2/c1-21-12-17(19(20-21)16-5-3-7-27-16)28(25,26)22-9-13-8-14(11-22)15-4-2-6-18(24)23(15)10-13/h2-7,12-14H,8-11H2,1H3. The van der Waals surface area contributed by atoms with Crippen molar-refractivity contribution in [1.29, 1.82) is 0 Å². The fourth-order valence-electron chi connectivity index (χ4n) is 4.43. The molecule has 5 rings (SSSR count). The lowest BCUT2D eigenvalue weighted by atomic mass is 9.84. The van der Waals surface area contributed by atoms with E-state index in [9.17, 15) is 13.2 Å². The number of aryl methyl sites for hydroxylation is 1. The van der Waals surface area contributed by atoms with E-state index in [0.717, 1.165) is 17.0 Å². The Morgan fingerprint density at radius 1 is 1.14 bits per heavy atom. The summed E-state index contributed by atoms with van der Waals surface area (Å²) in [6.07, 6.45) is 2.51. The first-order valence-corrected chi connectivity index (χ1v) is 11.5. The lowest BCUT2D eigenvalue weighted by Gasteiger charge is -2.41. The zero-order valence-corrected chi connectivity index (χ0v) is 17.0. The van der Waals surface area contributed by atoms with Crippen LogP contribution in [0.15, 0.2) is 51.6 Å². The van der Waals surface area contributed by atoms with Gasteiger partial charge in [-0.2, -0.15) is 9.40 Å². The van der Waals surface area contributed by atoms with Crippen LogP contribution in [0.5, 0.6) is 0 Å². The van der Waals surface area contributed by atoms with Crippen LogP contribution in [0, 0.1) is 5.92 Å². The molecule has 0 N–H and O–H groups in total. The van der Waals surface area contributed by atoms with Crippen LogP contribution in [-0.2, 0) is 23.6 Å². The summed E-state index contributed by atoms with van der Waals surface area (Å²) in [5, 5.41) is 6.33. The highest BCUT2D eigenvalue weighted by Crippen LogP contribution is 2.38. The van der Waals surface area contributed by atoms with Crippen molar-refractivity contribution in [2.75, 3.05) is 13.1 Å². The van der Waals surface area contributed by atoms with Crippen molar-refractivity contribution >= 4 is 21.4 Å². The normalized spacial score (nSPS) is 22.2. The number of aromatic nitrogens is 3. The van der Waals surface area contributed by atoms with E-state index in [0.29, 0.717) is 25.3 Å². The van der Waals surface area contributed by atoms with Crippen LogP contribution in [0.4, 0.5) is 0 Å². The topological polar surface area (TPSA) is 77.2 Å². The second-order valence-corrected chi connectivity index (χ2v) is 10.4. The van der Waals surface area contributed by atoms with Crippen molar-refractivity contribution in [2.24, 2.45) is 13.0 Å². The van der Waals surface area contributed by atoms with Gasteiger partial charge in [0.05, 0.1) is 4.88 Å². The highest BCUT2D eigenvalue weighted by molar-refractivity contribution is 7.89. The number of piperidine rings is 1. The predicted molar refractivity (Wildman–Crippen MR) is 107 cm³/mol. The van der Waals surface area contributed by atoms with Crippen LogP contribution in [0.25, 0.3) is 10.6 Å². The van der Waals surface area contributed by atoms with Gasteiger partial charge in [-0.15, -0.1) is 11.3 Å². The molecule has 7 nitrogen and oxygen atoms in total. The largest absolute Gasteiger partial charge is 0.312 e. The van der Waals surface area contributed by atoms with Crippen molar-refractivity contribution in [3.05, 3.63) is 58.0 Å². The van der Waals surface area contributed by atoms with E-state index < -0.39 is 10.0 Å². The smallest absolute Gasteiger partial charge is 0.250 e. The van der Waals surface area contributed by atoms with E-state index in [-0.39, 0.29) is 22.3 Å². The molecule has 2 bridgehead atoms. The molecule has 2 aliphatic heterocycles. The second kappa shape index (κ2) is 6.40. The van der Waals surface area contributed by atoms with Crippen LogP contribution in [0.1, 0.15) is 18.0 Å². The maximum Gasteiger partial charge on any atom is 0.250 e. The molecule has 3 aromatic rings. The number of hydrogen-bond donors (Lipinski definition) is 0. The molecule has 2 aliphatic rings. The van der Waals surface area contributed by atoms with Crippen molar-refractivity contribution in [2.45, 2.75) is 23.8 Å². The first-order chi connectivity index (χ1) is 13.4. The average molecular weight is 417 g/mol. The predicted octanol–water partition coefficient (Wildman–Crippen LogP) is 2.12. The minimum Gasteiger partial charge on any atom is -0.312 e. The molecule has 0 aromatic carbocycles. The minimum atomic E-state index is -3.68. The maximum absolute atomic E-state index is 13.5. The molecule has 1 saturated heterocycles. The van der Waals surface area contributed by atoms with E-state index in [1.165, 1.54) is 11.3 Å². The minimum absolute atomic E-state index is 0.00394. The number of sulfonamides is 1. The Hall–Kier alpha value is -2.23. The summed E-state index contributed by atoms with van der Waals surface area (Å²) < 4.78 is 32.0. The molecule has 2 unspecified atom stereocenters. The van der Waals surface area contributed by atoms with E-state index in [1.807, 2.05) is 28.1 Å². The van der Waals surface area contributed by atoms with Gasteiger partial charge in [0.25, 0.3) is 5.56 Å². The highest BCUT2D eigenvalue weighted by Gasteiger charge is 2.40. The number of rotatable bonds is 3. The lowest BCUT2D eigenvalue weighted by molar-refractivity contribution is 0.186. The maximum atomic E-state index is 13.5. The molecule has 1 fully saturated rings. The summed E-state index contributed by atoms with van der Waals surface area (Å²) in [5.41, 5.74) is 1.44. The number of thiophene rings is 1. The Morgan fingerprint density at radius 3 is 2.79 bits per heavy atom. The van der Waals surface area contributed by atoms with Crippen LogP contribution in [0.2, 0.25) is 0 Å². The number of nitrogens with zero attached hydrogens (tertiary/aromatic N) is 4. The van der Waals surface area contributed by atoms with Gasteiger partial charge >= 0.3 is 0 Å². The molecule has 9 heteroatoms. The molecule has 0 spiro atoms. The summed E-state index contributed by atoms with van der Waals surface area (Å²) in [5.74, 6) is 0.181. The molecule has 0 saturated carbocycles. The van der Waals surface area contributed by atoms with Crippen molar-refractivity contribution in [1.82, 2.24) is 18.7 Å². The van der Waals surface area contributed by atoms with Gasteiger partial charge in [0.15, 0.2) is 0 Å². The van der Waals surface area contributed by atoms with Gasteiger partial charge in [-0.3, -0.25) is 9.48 Å². The second-order valence-electron chi connectivity index (χ2n) is 7.51. The van der Waals surface area contributed by atoms with E-state index >= 15 is 0 Å². The van der Waals surface area contributed by atoms with Gasteiger partial charge in [0.2, 0.25) is 10.0 Å².